The van der Waals surface area contributed by atoms with E-state index in [1.807, 2.05) is 0 Å². The predicted octanol–water partition coefficient (Wildman–Crippen LogP) is 1.17. The van der Waals surface area contributed by atoms with Crippen molar-refractivity contribution in [2.45, 2.75) is 6.54 Å². The summed E-state index contributed by atoms with van der Waals surface area (Å²) in [6, 6.07) is 8.62. The number of aliphatic hydroxyl groups excluding tert-OH is 1. The molecule has 1 amide bonds. The molecule has 2 N–H and O–H groups in total. The minimum Gasteiger partial charge on any atom is -0.497 e. The normalized spacial score (nSPS) is 10.2. The second-order valence-electron chi connectivity index (χ2n) is 4.86. The number of methoxy groups -OCH3 is 2. The maximum Gasteiger partial charge on any atom is 0.271 e. The molecule has 2 rings (SSSR count). The van der Waals surface area contributed by atoms with Crippen molar-refractivity contribution in [3.05, 3.63) is 53.9 Å². The summed E-state index contributed by atoms with van der Waals surface area (Å²) >= 11 is 0. The van der Waals surface area contributed by atoms with Crippen LogP contribution in [0.3, 0.4) is 0 Å². The lowest BCUT2D eigenvalue weighted by molar-refractivity contribution is -0.698. The van der Waals surface area contributed by atoms with Gasteiger partial charge in [0, 0.05) is 17.7 Å². The molecule has 0 unspecified atom stereocenters. The van der Waals surface area contributed by atoms with Crippen LogP contribution in [-0.2, 0) is 6.54 Å². The quantitative estimate of drug-likeness (QED) is 0.437. The van der Waals surface area contributed by atoms with E-state index in [1.54, 1.807) is 61.5 Å². The van der Waals surface area contributed by atoms with Gasteiger partial charge in [-0.1, -0.05) is 0 Å². The molecule has 2 aromatic rings. The van der Waals surface area contributed by atoms with E-state index in [1.165, 1.54) is 6.21 Å². The molecule has 1 aromatic heterocycles. The number of nitrogens with one attached hydrogen (secondary N) is 1. The number of carbonyl (C=O) groups excluding carboxylic acids is 1. The van der Waals surface area contributed by atoms with Gasteiger partial charge in [0.2, 0.25) is 0 Å². The van der Waals surface area contributed by atoms with Gasteiger partial charge in [-0.05, 0) is 18.2 Å². The highest BCUT2D eigenvalue weighted by Crippen LogP contribution is 2.22. The number of rotatable bonds is 7. The van der Waals surface area contributed by atoms with Crippen LogP contribution in [0.15, 0.2) is 47.8 Å². The highest BCUT2D eigenvalue weighted by atomic mass is 35.5. The second-order valence-corrected chi connectivity index (χ2v) is 4.86. The third kappa shape index (κ3) is 5.74. The van der Waals surface area contributed by atoms with Gasteiger partial charge < -0.3 is 14.6 Å². The fourth-order valence-corrected chi connectivity index (χ4v) is 2.04. The molecule has 0 saturated heterocycles. The minimum absolute atomic E-state index is 0. The van der Waals surface area contributed by atoms with E-state index < -0.39 is 0 Å². The van der Waals surface area contributed by atoms with E-state index in [9.17, 15) is 4.79 Å². The van der Waals surface area contributed by atoms with Crippen LogP contribution in [0.4, 0.5) is 0 Å². The van der Waals surface area contributed by atoms with Crippen LogP contribution in [-0.4, -0.2) is 38.1 Å². The van der Waals surface area contributed by atoms with Crippen molar-refractivity contribution in [2.24, 2.45) is 5.10 Å². The minimum atomic E-state index is -0.329. The maximum atomic E-state index is 12.0. The number of amides is 1. The summed E-state index contributed by atoms with van der Waals surface area (Å²) < 4.78 is 12.2. The Morgan fingerprint density at radius 3 is 2.56 bits per heavy atom. The number of hydrogen-bond donors (Lipinski definition) is 2. The molecule has 0 bridgehead atoms. The Hall–Kier alpha value is -2.64. The average molecular weight is 367 g/mol. The van der Waals surface area contributed by atoms with Gasteiger partial charge in [-0.2, -0.15) is 5.10 Å². The molecule has 0 atom stereocenters. The monoisotopic (exact) mass is 366 g/mol. The number of aliphatic hydroxyl groups is 1. The summed E-state index contributed by atoms with van der Waals surface area (Å²) in [4.78, 5) is 12.0. The van der Waals surface area contributed by atoms with Crippen LogP contribution in [0, 0.1) is 0 Å². The Morgan fingerprint density at radius 1 is 1.24 bits per heavy atom. The number of halogens is 1. The molecule has 0 aliphatic carbocycles. The summed E-state index contributed by atoms with van der Waals surface area (Å²) in [6.45, 7) is 0.526. The van der Waals surface area contributed by atoms with E-state index >= 15 is 0 Å². The van der Waals surface area contributed by atoms with E-state index in [0.29, 0.717) is 29.2 Å². The first-order valence-corrected chi connectivity index (χ1v) is 7.33. The zero-order valence-electron chi connectivity index (χ0n) is 14.0. The van der Waals surface area contributed by atoms with E-state index in [2.05, 4.69) is 10.5 Å². The Bertz CT molecular complexity index is 720. The molecule has 25 heavy (non-hydrogen) atoms. The lowest BCUT2D eigenvalue weighted by Crippen LogP contribution is -2.35. The number of benzene rings is 1. The van der Waals surface area contributed by atoms with Crippen LogP contribution in [0.2, 0.25) is 0 Å². The number of aromatic nitrogens is 1. The molecule has 7 nitrogen and oxygen atoms in total. The summed E-state index contributed by atoms with van der Waals surface area (Å²) in [7, 11) is 3.13. The van der Waals surface area contributed by atoms with Crippen LogP contribution < -0.4 is 19.5 Å². The highest BCUT2D eigenvalue weighted by molar-refractivity contribution is 5.94. The molecule has 0 radical (unpaired) electrons. The Kier molecular flexibility index (Phi) is 8.38. The molecule has 0 fully saturated rings. The molecule has 0 spiro atoms. The van der Waals surface area contributed by atoms with Gasteiger partial charge in [0.1, 0.15) is 18.1 Å². The van der Waals surface area contributed by atoms with Crippen LogP contribution in [0.5, 0.6) is 11.5 Å². The third-order valence-electron chi connectivity index (χ3n) is 3.32. The van der Waals surface area contributed by atoms with Gasteiger partial charge in [-0.25, -0.2) is 9.99 Å². The smallest absolute Gasteiger partial charge is 0.271 e. The summed E-state index contributed by atoms with van der Waals surface area (Å²) in [5, 5.41) is 12.8. The van der Waals surface area contributed by atoms with Gasteiger partial charge in [0.25, 0.3) is 5.91 Å². The van der Waals surface area contributed by atoms with E-state index in [-0.39, 0.29) is 24.9 Å². The van der Waals surface area contributed by atoms with E-state index in [0.717, 1.165) is 0 Å². The zero-order valence-corrected chi connectivity index (χ0v) is 14.8. The van der Waals surface area contributed by atoms with Crippen molar-refractivity contribution in [1.82, 2.24) is 5.43 Å². The molecular weight excluding hydrogens is 346 g/mol. The molecule has 0 saturated carbocycles. The number of hydrogen-bond acceptors (Lipinski definition) is 5. The largest absolute Gasteiger partial charge is 0.497 e. The van der Waals surface area contributed by atoms with Gasteiger partial charge in [-0.15, -0.1) is 12.4 Å². The molecule has 0 aliphatic rings. The number of hydrazone groups is 1. The first-order chi connectivity index (χ1) is 11.7. The second kappa shape index (κ2) is 10.3. The molecule has 1 heterocycles. The van der Waals surface area contributed by atoms with Crippen molar-refractivity contribution in [3.63, 3.8) is 0 Å². The summed E-state index contributed by atoms with van der Waals surface area (Å²) in [5.74, 6) is 0.961. The lowest BCUT2D eigenvalue weighted by Gasteiger charge is -2.06. The van der Waals surface area contributed by atoms with Crippen LogP contribution in [0.25, 0.3) is 0 Å². The number of carbonyl (C=O) groups is 1. The maximum absolute atomic E-state index is 12.0. The van der Waals surface area contributed by atoms with Gasteiger partial charge >= 0.3 is 0 Å². The summed E-state index contributed by atoms with van der Waals surface area (Å²) in [6.07, 6.45) is 4.94. The lowest BCUT2D eigenvalue weighted by atomic mass is 10.2. The fraction of sp³-hybridized carbons (Fsp3) is 0.235. The number of nitrogens with zero attached hydrogens (tertiary/aromatic N) is 2. The standard InChI is InChI=1S/C17H19N3O4.ClH/c1-23-15-3-4-16(24-2)14(11-15)12-18-19-17(22)13-5-7-20(8-6-13)9-10-21;/h3-8,11-12,21H,9-10H2,1-2H3;1H/p+1. The summed E-state index contributed by atoms with van der Waals surface area (Å²) in [5.41, 5.74) is 3.62. The Labute approximate surface area is 152 Å². The fourth-order valence-electron chi connectivity index (χ4n) is 2.04. The molecular formula is C17H21ClN3O4+. The van der Waals surface area contributed by atoms with Gasteiger partial charge in [0.15, 0.2) is 18.9 Å². The average Bonchev–Trinajstić information content (AvgIpc) is 2.62. The van der Waals surface area contributed by atoms with Crippen LogP contribution >= 0.6 is 12.4 Å². The highest BCUT2D eigenvalue weighted by Gasteiger charge is 2.07. The van der Waals surface area contributed by atoms with E-state index in [4.69, 9.17) is 14.6 Å². The Balaban J connectivity index is 0.00000312. The van der Waals surface area contributed by atoms with Crippen molar-refractivity contribution in [1.29, 1.82) is 0 Å². The van der Waals surface area contributed by atoms with Gasteiger partial charge in [0.05, 0.1) is 26.0 Å². The van der Waals surface area contributed by atoms with Crippen LogP contribution in [0.1, 0.15) is 15.9 Å². The van der Waals surface area contributed by atoms with Crippen molar-refractivity contribution in [3.8, 4) is 11.5 Å². The van der Waals surface area contributed by atoms with Crippen molar-refractivity contribution >= 4 is 24.5 Å². The van der Waals surface area contributed by atoms with Crippen molar-refractivity contribution in [2.75, 3.05) is 20.8 Å². The SMILES string of the molecule is COc1ccc(OC)c(/C=N/NC(=O)c2cc[n+](CCO)cc2)c1.Cl. The Morgan fingerprint density at radius 2 is 1.96 bits per heavy atom. The first kappa shape index (κ1) is 20.4. The zero-order chi connectivity index (χ0) is 17.4. The first-order valence-electron chi connectivity index (χ1n) is 7.33. The molecule has 8 heteroatoms. The molecule has 1 aromatic carbocycles. The predicted molar refractivity (Wildman–Crippen MR) is 95.6 cm³/mol. The third-order valence-corrected chi connectivity index (χ3v) is 3.32. The van der Waals surface area contributed by atoms with Gasteiger partial charge in [-0.3, -0.25) is 4.79 Å². The van der Waals surface area contributed by atoms with Crippen molar-refractivity contribution < 1.29 is 23.9 Å². The topological polar surface area (TPSA) is 84.0 Å². The molecule has 0 aliphatic heterocycles. The number of ether oxygens (including phenoxy) is 2. The number of pyridine rings is 1. The molecule has 134 valence electrons.